The van der Waals surface area contributed by atoms with Crippen LogP contribution in [0.4, 0.5) is 5.69 Å². The van der Waals surface area contributed by atoms with Crippen LogP contribution in [0.15, 0.2) is 36.4 Å². The lowest BCUT2D eigenvalue weighted by molar-refractivity contribution is -0.131. The maximum Gasteiger partial charge on any atom is 0.262 e. The molecule has 3 amide bonds. The molecule has 0 aromatic heterocycles. The van der Waals surface area contributed by atoms with Crippen molar-refractivity contribution in [2.24, 2.45) is 0 Å². The molecule has 2 aromatic rings. The van der Waals surface area contributed by atoms with Gasteiger partial charge in [-0.05, 0) is 42.8 Å². The minimum atomic E-state index is -0.541. The van der Waals surface area contributed by atoms with Crippen molar-refractivity contribution in [2.75, 3.05) is 37.6 Å². The summed E-state index contributed by atoms with van der Waals surface area (Å²) < 4.78 is 0. The smallest absolute Gasteiger partial charge is 0.262 e. The molecule has 2 aliphatic heterocycles. The monoisotopic (exact) mass is 456 g/mol. The number of nitriles is 1. The van der Waals surface area contributed by atoms with Crippen molar-refractivity contribution in [3.8, 4) is 6.07 Å². The molecule has 0 aliphatic carbocycles. The molecule has 2 aliphatic rings. The summed E-state index contributed by atoms with van der Waals surface area (Å²) in [5.41, 5.74) is 1.91. The van der Waals surface area contributed by atoms with Crippen molar-refractivity contribution in [1.29, 1.82) is 5.26 Å². The number of amides is 3. The van der Waals surface area contributed by atoms with Crippen molar-refractivity contribution in [3.63, 3.8) is 0 Å². The first kappa shape index (κ1) is 21.2. The lowest BCUT2D eigenvalue weighted by atomic mass is 10.1. The van der Waals surface area contributed by atoms with E-state index in [-0.39, 0.29) is 33.6 Å². The molecule has 0 radical (unpaired) electrons. The minimum Gasteiger partial charge on any atom is -0.370 e. The second kappa shape index (κ2) is 8.58. The molecule has 9 heteroatoms. The number of rotatable bonds is 3. The number of anilines is 1. The number of carbonyl (C=O) groups is 3. The fourth-order valence-electron chi connectivity index (χ4n) is 3.83. The van der Waals surface area contributed by atoms with Crippen LogP contribution in [-0.2, 0) is 4.79 Å². The molecule has 2 aromatic carbocycles. The first-order valence-electron chi connectivity index (χ1n) is 9.77. The molecule has 4 rings (SSSR count). The highest BCUT2D eigenvalue weighted by Gasteiger charge is 2.38. The summed E-state index contributed by atoms with van der Waals surface area (Å²) in [6, 6.07) is 12.2. The molecule has 31 heavy (non-hydrogen) atoms. The van der Waals surface area contributed by atoms with Crippen LogP contribution in [0.25, 0.3) is 0 Å². The number of nitrogens with zero attached hydrogens (tertiary/aromatic N) is 4. The Kier molecular flexibility index (Phi) is 5.86. The van der Waals surface area contributed by atoms with Gasteiger partial charge in [-0.25, -0.2) is 0 Å². The lowest BCUT2D eigenvalue weighted by Gasteiger charge is -2.25. The Labute approximate surface area is 189 Å². The number of benzene rings is 2. The van der Waals surface area contributed by atoms with E-state index in [0.29, 0.717) is 25.2 Å². The van der Waals surface area contributed by atoms with Gasteiger partial charge in [0.15, 0.2) is 0 Å². The van der Waals surface area contributed by atoms with Crippen LogP contribution in [0.3, 0.4) is 0 Å². The largest absolute Gasteiger partial charge is 0.370 e. The Hall–Kier alpha value is -3.08. The topological polar surface area (TPSA) is 84.7 Å². The number of hydrogen-bond donors (Lipinski definition) is 0. The van der Waals surface area contributed by atoms with Crippen LogP contribution in [0.1, 0.15) is 32.7 Å². The van der Waals surface area contributed by atoms with E-state index in [1.165, 1.54) is 12.1 Å². The van der Waals surface area contributed by atoms with E-state index in [2.05, 4.69) is 11.0 Å². The maximum atomic E-state index is 12.9. The SMILES string of the molecule is N#Cc1ccc(N2CCCN(C(=O)CN3C(=O)c4cc(Cl)c(Cl)cc4C3=O)CC2)cc1. The Morgan fingerprint density at radius 1 is 0.935 bits per heavy atom. The standard InChI is InChI=1S/C22H18Cl2N4O3/c23-18-10-16-17(11-19(18)24)22(31)28(21(16)30)13-20(29)27-7-1-6-26(8-9-27)15-4-2-14(12-25)3-5-15/h2-5,10-11H,1,6-9,13H2. The van der Waals surface area contributed by atoms with E-state index < -0.39 is 11.8 Å². The van der Waals surface area contributed by atoms with Crippen LogP contribution in [0.2, 0.25) is 10.0 Å². The highest BCUT2D eigenvalue weighted by molar-refractivity contribution is 6.43. The van der Waals surface area contributed by atoms with Gasteiger partial charge in [-0.1, -0.05) is 23.2 Å². The van der Waals surface area contributed by atoms with Gasteiger partial charge < -0.3 is 9.80 Å². The Morgan fingerprint density at radius 2 is 1.55 bits per heavy atom. The van der Waals surface area contributed by atoms with E-state index in [1.54, 1.807) is 17.0 Å². The number of carbonyl (C=O) groups excluding carboxylic acids is 3. The average Bonchev–Trinajstić information content (AvgIpc) is 2.96. The van der Waals surface area contributed by atoms with Crippen LogP contribution < -0.4 is 4.90 Å². The zero-order valence-corrected chi connectivity index (χ0v) is 18.0. The lowest BCUT2D eigenvalue weighted by Crippen LogP contribution is -2.44. The molecular weight excluding hydrogens is 439 g/mol. The summed E-state index contributed by atoms with van der Waals surface area (Å²) in [5.74, 6) is -1.37. The molecule has 0 saturated carbocycles. The van der Waals surface area contributed by atoms with E-state index in [9.17, 15) is 14.4 Å². The van der Waals surface area contributed by atoms with Gasteiger partial charge in [0.2, 0.25) is 5.91 Å². The molecule has 158 valence electrons. The molecule has 2 heterocycles. The molecule has 0 N–H and O–H groups in total. The normalized spacial score (nSPS) is 16.2. The van der Waals surface area contributed by atoms with E-state index in [0.717, 1.165) is 23.6 Å². The quantitative estimate of drug-likeness (QED) is 0.661. The molecule has 7 nitrogen and oxygen atoms in total. The predicted octanol–water partition coefficient (Wildman–Crippen LogP) is 3.20. The number of fused-ring (bicyclic) bond motifs is 1. The highest BCUT2D eigenvalue weighted by atomic mass is 35.5. The number of imide groups is 1. The molecule has 0 unspecified atom stereocenters. The molecule has 0 bridgehead atoms. The zero-order chi connectivity index (χ0) is 22.1. The first-order chi connectivity index (χ1) is 14.9. The number of halogens is 2. The van der Waals surface area contributed by atoms with Crippen molar-refractivity contribution < 1.29 is 14.4 Å². The predicted molar refractivity (Wildman–Crippen MR) is 116 cm³/mol. The van der Waals surface area contributed by atoms with Gasteiger partial charge in [-0.15, -0.1) is 0 Å². The fourth-order valence-corrected chi connectivity index (χ4v) is 4.16. The van der Waals surface area contributed by atoms with Crippen LogP contribution in [0, 0.1) is 11.3 Å². The summed E-state index contributed by atoms with van der Waals surface area (Å²) in [6.07, 6.45) is 0.749. The van der Waals surface area contributed by atoms with Crippen LogP contribution in [-0.4, -0.2) is 60.2 Å². The van der Waals surface area contributed by atoms with E-state index in [1.807, 2.05) is 12.1 Å². The summed E-state index contributed by atoms with van der Waals surface area (Å²) in [6.45, 7) is 2.06. The Bertz CT molecular complexity index is 1070. The first-order valence-corrected chi connectivity index (χ1v) is 10.5. The zero-order valence-electron chi connectivity index (χ0n) is 16.5. The average molecular weight is 457 g/mol. The van der Waals surface area contributed by atoms with Crippen LogP contribution >= 0.6 is 23.2 Å². The minimum absolute atomic E-state index is 0.162. The summed E-state index contributed by atoms with van der Waals surface area (Å²) in [5, 5.41) is 9.32. The molecule has 1 fully saturated rings. The van der Waals surface area contributed by atoms with Crippen molar-refractivity contribution in [3.05, 3.63) is 63.1 Å². The molecule has 1 saturated heterocycles. The Morgan fingerprint density at radius 3 is 2.13 bits per heavy atom. The van der Waals surface area contributed by atoms with Crippen LogP contribution in [0.5, 0.6) is 0 Å². The van der Waals surface area contributed by atoms with Gasteiger partial charge in [0.25, 0.3) is 11.8 Å². The third kappa shape index (κ3) is 4.09. The number of hydrogen-bond acceptors (Lipinski definition) is 5. The summed E-state index contributed by atoms with van der Waals surface area (Å²) >= 11 is 11.9. The van der Waals surface area contributed by atoms with Gasteiger partial charge in [-0.2, -0.15) is 5.26 Å². The Balaban J connectivity index is 1.42. The second-order valence-corrected chi connectivity index (χ2v) is 8.20. The van der Waals surface area contributed by atoms with E-state index >= 15 is 0 Å². The van der Waals surface area contributed by atoms with Gasteiger partial charge in [0, 0.05) is 31.9 Å². The van der Waals surface area contributed by atoms with Gasteiger partial charge in [-0.3, -0.25) is 19.3 Å². The molecular formula is C22H18Cl2N4O3. The maximum absolute atomic E-state index is 12.9. The van der Waals surface area contributed by atoms with E-state index in [4.69, 9.17) is 28.5 Å². The summed E-state index contributed by atoms with van der Waals surface area (Å²) in [7, 11) is 0. The van der Waals surface area contributed by atoms with Gasteiger partial charge in [0.05, 0.1) is 32.8 Å². The van der Waals surface area contributed by atoms with Gasteiger partial charge >= 0.3 is 0 Å². The fraction of sp³-hybridized carbons (Fsp3) is 0.273. The van der Waals surface area contributed by atoms with Crippen molar-refractivity contribution >= 4 is 46.6 Å². The molecule has 0 spiro atoms. The van der Waals surface area contributed by atoms with Gasteiger partial charge in [0.1, 0.15) is 6.54 Å². The second-order valence-electron chi connectivity index (χ2n) is 7.39. The molecule has 0 atom stereocenters. The van der Waals surface area contributed by atoms with Crippen molar-refractivity contribution in [1.82, 2.24) is 9.80 Å². The van der Waals surface area contributed by atoms with Crippen molar-refractivity contribution in [2.45, 2.75) is 6.42 Å². The third-order valence-corrected chi connectivity index (χ3v) is 6.24. The summed E-state index contributed by atoms with van der Waals surface area (Å²) in [4.78, 5) is 43.0. The third-order valence-electron chi connectivity index (χ3n) is 5.52. The highest BCUT2D eigenvalue weighted by Crippen LogP contribution is 2.31.